The molecule has 0 aliphatic carbocycles. The summed E-state index contributed by atoms with van der Waals surface area (Å²) in [6, 6.07) is 10.6. The van der Waals surface area contributed by atoms with E-state index >= 15 is 0 Å². The second-order valence-electron chi connectivity index (χ2n) is 6.09. The van der Waals surface area contributed by atoms with Crippen LogP contribution in [0.1, 0.15) is 20.7 Å². The zero-order valence-electron chi connectivity index (χ0n) is 15.0. The normalized spacial score (nSPS) is 10.2. The lowest BCUT2D eigenvalue weighted by molar-refractivity contribution is -0.384. The molecule has 2 amide bonds. The van der Waals surface area contributed by atoms with E-state index < -0.39 is 10.8 Å². The molecule has 0 radical (unpaired) electrons. The van der Waals surface area contributed by atoms with Gasteiger partial charge in [0.2, 0.25) is 0 Å². The molecule has 0 saturated carbocycles. The second kappa shape index (κ2) is 7.64. The molecule has 136 valence electrons. The average Bonchev–Trinajstić information content (AvgIpc) is 2.60. The average molecular weight is 356 g/mol. The summed E-state index contributed by atoms with van der Waals surface area (Å²) < 4.78 is 0. The highest BCUT2D eigenvalue weighted by Gasteiger charge is 2.18. The Morgan fingerprint density at radius 3 is 2.31 bits per heavy atom. The van der Waals surface area contributed by atoms with Gasteiger partial charge < -0.3 is 15.1 Å². The molecule has 2 aromatic carbocycles. The summed E-state index contributed by atoms with van der Waals surface area (Å²) in [6.07, 6.45) is 0. The van der Waals surface area contributed by atoms with Crippen LogP contribution in [0.4, 0.5) is 17.1 Å². The zero-order valence-corrected chi connectivity index (χ0v) is 15.0. The fraction of sp³-hybridized carbons (Fsp3) is 0.222. The molecule has 0 saturated heterocycles. The number of nitro groups is 1. The molecule has 0 atom stereocenters. The quantitative estimate of drug-likeness (QED) is 0.656. The summed E-state index contributed by atoms with van der Waals surface area (Å²) in [6.45, 7) is 0. The first-order valence-corrected chi connectivity index (χ1v) is 7.79. The van der Waals surface area contributed by atoms with Gasteiger partial charge >= 0.3 is 0 Å². The van der Waals surface area contributed by atoms with Gasteiger partial charge in [-0.05, 0) is 24.3 Å². The molecule has 26 heavy (non-hydrogen) atoms. The first-order chi connectivity index (χ1) is 12.2. The third-order valence-corrected chi connectivity index (χ3v) is 3.69. The Morgan fingerprint density at radius 1 is 1.04 bits per heavy atom. The monoisotopic (exact) mass is 356 g/mol. The third kappa shape index (κ3) is 4.15. The lowest BCUT2D eigenvalue weighted by atomic mass is 10.1. The summed E-state index contributed by atoms with van der Waals surface area (Å²) in [5.41, 5.74) is 1.41. The maximum atomic E-state index is 12.7. The highest BCUT2D eigenvalue weighted by molar-refractivity contribution is 6.09. The van der Waals surface area contributed by atoms with Gasteiger partial charge in [0, 0.05) is 57.3 Å². The van der Waals surface area contributed by atoms with Gasteiger partial charge in [-0.15, -0.1) is 0 Å². The Balaban J connectivity index is 2.35. The molecule has 8 heteroatoms. The summed E-state index contributed by atoms with van der Waals surface area (Å²) >= 11 is 0. The minimum atomic E-state index is -0.549. The van der Waals surface area contributed by atoms with E-state index in [1.54, 1.807) is 57.4 Å². The Bertz CT molecular complexity index is 862. The number of amides is 2. The van der Waals surface area contributed by atoms with Crippen molar-refractivity contribution in [2.24, 2.45) is 0 Å². The van der Waals surface area contributed by atoms with Crippen molar-refractivity contribution in [1.82, 2.24) is 4.90 Å². The van der Waals surface area contributed by atoms with Gasteiger partial charge in [-0.1, -0.05) is 6.07 Å². The molecular weight excluding hydrogens is 336 g/mol. The molecule has 2 rings (SSSR count). The van der Waals surface area contributed by atoms with Crippen LogP contribution in [0.2, 0.25) is 0 Å². The van der Waals surface area contributed by atoms with Crippen LogP contribution in [0, 0.1) is 10.1 Å². The summed E-state index contributed by atoms with van der Waals surface area (Å²) in [5.74, 6) is -0.683. The van der Waals surface area contributed by atoms with Crippen LogP contribution in [-0.4, -0.2) is 49.8 Å². The van der Waals surface area contributed by atoms with Gasteiger partial charge in [0.25, 0.3) is 17.5 Å². The highest BCUT2D eigenvalue weighted by atomic mass is 16.6. The van der Waals surface area contributed by atoms with E-state index in [1.807, 2.05) is 0 Å². The summed E-state index contributed by atoms with van der Waals surface area (Å²) in [7, 11) is 6.77. The SMILES string of the molecule is CN(C)C(=O)c1cccc(NC(=O)c2cc([N+](=O)[O-])ccc2N(C)C)c1. The van der Waals surface area contributed by atoms with Crippen molar-refractivity contribution >= 4 is 28.9 Å². The fourth-order valence-electron chi connectivity index (χ4n) is 2.40. The number of rotatable bonds is 5. The van der Waals surface area contributed by atoms with Crippen molar-refractivity contribution in [3.63, 3.8) is 0 Å². The summed E-state index contributed by atoms with van der Waals surface area (Å²) in [4.78, 5) is 38.3. The van der Waals surface area contributed by atoms with E-state index in [4.69, 9.17) is 0 Å². The smallest absolute Gasteiger partial charge is 0.270 e. The molecule has 0 heterocycles. The minimum absolute atomic E-state index is 0.169. The van der Waals surface area contributed by atoms with E-state index in [2.05, 4.69) is 5.32 Å². The molecule has 0 aliphatic rings. The Morgan fingerprint density at radius 2 is 1.73 bits per heavy atom. The minimum Gasteiger partial charge on any atom is -0.377 e. The van der Waals surface area contributed by atoms with E-state index in [-0.39, 0.29) is 17.2 Å². The molecule has 8 nitrogen and oxygen atoms in total. The van der Waals surface area contributed by atoms with Crippen molar-refractivity contribution in [2.75, 3.05) is 38.4 Å². The van der Waals surface area contributed by atoms with Gasteiger partial charge in [0.15, 0.2) is 0 Å². The van der Waals surface area contributed by atoms with E-state index in [0.717, 1.165) is 0 Å². The zero-order chi connectivity index (χ0) is 19.4. The highest BCUT2D eigenvalue weighted by Crippen LogP contribution is 2.25. The van der Waals surface area contributed by atoms with Crippen LogP contribution >= 0.6 is 0 Å². The third-order valence-electron chi connectivity index (χ3n) is 3.69. The van der Waals surface area contributed by atoms with Gasteiger partial charge in [0.1, 0.15) is 0 Å². The van der Waals surface area contributed by atoms with Crippen LogP contribution in [0.5, 0.6) is 0 Å². The van der Waals surface area contributed by atoms with Crippen molar-refractivity contribution in [2.45, 2.75) is 0 Å². The largest absolute Gasteiger partial charge is 0.377 e. The molecular formula is C18H20N4O4. The number of anilines is 2. The molecule has 2 aromatic rings. The van der Waals surface area contributed by atoms with Gasteiger partial charge in [0.05, 0.1) is 10.5 Å². The predicted molar refractivity (Wildman–Crippen MR) is 99.8 cm³/mol. The van der Waals surface area contributed by atoms with Crippen LogP contribution in [0.15, 0.2) is 42.5 Å². The number of hydrogen-bond donors (Lipinski definition) is 1. The standard InChI is InChI=1S/C18H20N4O4/c1-20(2)16-9-8-14(22(25)26)11-15(16)17(23)19-13-7-5-6-12(10-13)18(24)21(3)4/h5-11H,1-4H3,(H,19,23). The van der Waals surface area contributed by atoms with Gasteiger partial charge in [-0.3, -0.25) is 19.7 Å². The number of nitrogens with one attached hydrogen (secondary N) is 1. The van der Waals surface area contributed by atoms with Crippen LogP contribution in [0.25, 0.3) is 0 Å². The Labute approximate surface area is 151 Å². The molecule has 0 aliphatic heterocycles. The fourth-order valence-corrected chi connectivity index (χ4v) is 2.40. The number of non-ortho nitro benzene ring substituents is 1. The second-order valence-corrected chi connectivity index (χ2v) is 6.09. The molecule has 0 unspecified atom stereocenters. The van der Waals surface area contributed by atoms with Gasteiger partial charge in [-0.25, -0.2) is 0 Å². The maximum Gasteiger partial charge on any atom is 0.270 e. The lowest BCUT2D eigenvalue weighted by Crippen LogP contribution is -2.22. The topological polar surface area (TPSA) is 95.8 Å². The molecule has 0 spiro atoms. The van der Waals surface area contributed by atoms with E-state index in [9.17, 15) is 19.7 Å². The molecule has 0 aromatic heterocycles. The molecule has 0 fully saturated rings. The maximum absolute atomic E-state index is 12.7. The Kier molecular flexibility index (Phi) is 5.56. The van der Waals surface area contributed by atoms with Crippen molar-refractivity contribution in [1.29, 1.82) is 0 Å². The number of nitrogens with zero attached hydrogens (tertiary/aromatic N) is 3. The number of benzene rings is 2. The van der Waals surface area contributed by atoms with Crippen LogP contribution in [0.3, 0.4) is 0 Å². The number of carbonyl (C=O) groups excluding carboxylic acids is 2. The predicted octanol–water partition coefficient (Wildman–Crippen LogP) is 2.61. The first-order valence-electron chi connectivity index (χ1n) is 7.79. The molecule has 1 N–H and O–H groups in total. The van der Waals surface area contributed by atoms with Crippen LogP contribution < -0.4 is 10.2 Å². The van der Waals surface area contributed by atoms with E-state index in [1.165, 1.54) is 23.1 Å². The van der Waals surface area contributed by atoms with Crippen molar-refractivity contribution in [3.8, 4) is 0 Å². The summed E-state index contributed by atoms with van der Waals surface area (Å²) in [5, 5.41) is 13.7. The van der Waals surface area contributed by atoms with E-state index in [0.29, 0.717) is 16.9 Å². The van der Waals surface area contributed by atoms with Crippen LogP contribution in [-0.2, 0) is 0 Å². The van der Waals surface area contributed by atoms with Crippen molar-refractivity contribution < 1.29 is 14.5 Å². The first kappa shape index (κ1) is 18.9. The lowest BCUT2D eigenvalue weighted by Gasteiger charge is -2.17. The number of hydrogen-bond acceptors (Lipinski definition) is 5. The number of nitro benzene ring substituents is 1. The van der Waals surface area contributed by atoms with Gasteiger partial charge in [-0.2, -0.15) is 0 Å². The number of carbonyl (C=O) groups is 2. The molecule has 0 bridgehead atoms. The van der Waals surface area contributed by atoms with Crippen molar-refractivity contribution in [3.05, 3.63) is 63.7 Å². The Hall–Kier alpha value is -3.42.